The summed E-state index contributed by atoms with van der Waals surface area (Å²) in [4.78, 5) is 26.0. The maximum Gasteiger partial charge on any atom is 0.235 e. The number of aromatic nitrogens is 1. The monoisotopic (exact) mass is 177 g/mol. The molecule has 0 fully saturated rings. The third kappa shape index (κ3) is 1.48. The summed E-state index contributed by atoms with van der Waals surface area (Å²) in [7, 11) is 0. The Bertz CT molecular complexity index is 340. The fourth-order valence-electron chi connectivity index (χ4n) is 1.12. The molecule has 2 rings (SSSR count). The quantitative estimate of drug-likeness (QED) is 0.562. The van der Waals surface area contributed by atoms with Crippen LogP contribution in [0.5, 0.6) is 0 Å². The van der Waals surface area contributed by atoms with Crippen LogP contribution in [0.15, 0.2) is 18.3 Å². The van der Waals surface area contributed by atoms with E-state index >= 15 is 0 Å². The largest absolute Gasteiger partial charge is 0.323 e. The van der Waals surface area contributed by atoms with Crippen LogP contribution >= 0.6 is 0 Å². The summed E-state index contributed by atoms with van der Waals surface area (Å²) in [5, 5.41) is 5.09. The Morgan fingerprint density at radius 2 is 2.00 bits per heavy atom. The van der Waals surface area contributed by atoms with Gasteiger partial charge in [0.25, 0.3) is 0 Å². The van der Waals surface area contributed by atoms with Gasteiger partial charge in [0.15, 0.2) is 5.82 Å². The maximum atomic E-state index is 11.1. The molecule has 0 saturated heterocycles. The van der Waals surface area contributed by atoms with Gasteiger partial charge in [-0.15, -0.1) is 0 Å². The van der Waals surface area contributed by atoms with Crippen molar-refractivity contribution in [2.45, 2.75) is 6.42 Å². The SMILES string of the molecule is O=C1CC(=O)Nc2ncccc2N1. The van der Waals surface area contributed by atoms with Gasteiger partial charge in [0.05, 0.1) is 5.69 Å². The molecule has 13 heavy (non-hydrogen) atoms. The molecule has 0 atom stereocenters. The van der Waals surface area contributed by atoms with E-state index in [0.717, 1.165) is 0 Å². The van der Waals surface area contributed by atoms with Crippen LogP contribution < -0.4 is 10.6 Å². The number of carbonyl (C=O) groups excluding carboxylic acids is 2. The first kappa shape index (κ1) is 7.72. The second-order valence-corrected chi connectivity index (χ2v) is 2.67. The number of carbonyl (C=O) groups is 2. The molecule has 2 N–H and O–H groups in total. The number of nitrogens with one attached hydrogen (secondary N) is 2. The van der Waals surface area contributed by atoms with E-state index in [2.05, 4.69) is 15.6 Å². The second kappa shape index (κ2) is 2.85. The number of pyridine rings is 1. The molecule has 1 aromatic rings. The highest BCUT2D eigenvalue weighted by atomic mass is 16.2. The highest BCUT2D eigenvalue weighted by molar-refractivity contribution is 6.12. The van der Waals surface area contributed by atoms with Crippen molar-refractivity contribution in [3.05, 3.63) is 18.3 Å². The molecule has 0 aromatic carbocycles. The van der Waals surface area contributed by atoms with Gasteiger partial charge >= 0.3 is 0 Å². The summed E-state index contributed by atoms with van der Waals surface area (Å²) in [5.74, 6) is -0.252. The lowest BCUT2D eigenvalue weighted by Crippen LogP contribution is -2.16. The van der Waals surface area contributed by atoms with E-state index in [4.69, 9.17) is 0 Å². The molecule has 1 aromatic heterocycles. The third-order valence-corrected chi connectivity index (χ3v) is 1.66. The van der Waals surface area contributed by atoms with Crippen molar-refractivity contribution in [2.75, 3.05) is 10.6 Å². The van der Waals surface area contributed by atoms with Crippen LogP contribution in [0.25, 0.3) is 0 Å². The summed E-state index contributed by atoms with van der Waals surface area (Å²) >= 11 is 0. The molecule has 66 valence electrons. The van der Waals surface area contributed by atoms with E-state index in [-0.39, 0.29) is 18.2 Å². The Labute approximate surface area is 74.2 Å². The van der Waals surface area contributed by atoms with Crippen molar-refractivity contribution in [1.29, 1.82) is 0 Å². The van der Waals surface area contributed by atoms with Crippen LogP contribution in [0.3, 0.4) is 0 Å². The van der Waals surface area contributed by atoms with Gasteiger partial charge in [-0.3, -0.25) is 9.59 Å². The van der Waals surface area contributed by atoms with Crippen LogP contribution in [-0.2, 0) is 9.59 Å². The van der Waals surface area contributed by atoms with E-state index in [1.54, 1.807) is 18.3 Å². The van der Waals surface area contributed by atoms with Crippen LogP contribution in [0.2, 0.25) is 0 Å². The van der Waals surface area contributed by atoms with Crippen LogP contribution in [-0.4, -0.2) is 16.8 Å². The summed E-state index contributed by atoms with van der Waals surface area (Å²) in [6.45, 7) is 0. The van der Waals surface area contributed by atoms with Gasteiger partial charge in [-0.05, 0) is 12.1 Å². The van der Waals surface area contributed by atoms with Crippen molar-refractivity contribution >= 4 is 23.3 Å². The summed E-state index contributed by atoms with van der Waals surface area (Å²) in [6, 6.07) is 3.38. The number of amides is 2. The lowest BCUT2D eigenvalue weighted by Gasteiger charge is -2.03. The van der Waals surface area contributed by atoms with Crippen molar-refractivity contribution in [3.8, 4) is 0 Å². The number of rotatable bonds is 0. The first-order valence-electron chi connectivity index (χ1n) is 3.80. The molecular formula is C8H7N3O2. The number of nitrogens with zero attached hydrogens (tertiary/aromatic N) is 1. The predicted molar refractivity (Wildman–Crippen MR) is 46.1 cm³/mol. The minimum Gasteiger partial charge on any atom is -0.323 e. The van der Waals surface area contributed by atoms with Crippen molar-refractivity contribution in [3.63, 3.8) is 0 Å². The molecule has 0 unspecified atom stereocenters. The molecule has 5 heteroatoms. The van der Waals surface area contributed by atoms with E-state index < -0.39 is 0 Å². The van der Waals surface area contributed by atoms with Gasteiger partial charge < -0.3 is 10.6 Å². The Kier molecular flexibility index (Phi) is 1.70. The predicted octanol–water partition coefficient (Wildman–Crippen LogP) is 0.362. The normalized spacial score (nSPS) is 15.4. The van der Waals surface area contributed by atoms with E-state index in [9.17, 15) is 9.59 Å². The molecule has 5 nitrogen and oxygen atoms in total. The zero-order chi connectivity index (χ0) is 9.26. The lowest BCUT2D eigenvalue weighted by atomic mass is 10.4. The van der Waals surface area contributed by atoms with Gasteiger partial charge in [0, 0.05) is 6.20 Å². The average molecular weight is 177 g/mol. The standard InChI is InChI=1S/C8H7N3O2/c12-6-4-7(13)11-8-5(10-6)2-1-3-9-8/h1-3H,4H2,(H,10,12)(H,9,11,13). The Hall–Kier alpha value is -1.91. The molecule has 0 spiro atoms. The molecule has 2 amide bonds. The van der Waals surface area contributed by atoms with Crippen LogP contribution in [0.4, 0.5) is 11.5 Å². The van der Waals surface area contributed by atoms with Gasteiger partial charge in [-0.1, -0.05) is 0 Å². The number of fused-ring (bicyclic) bond motifs is 1. The topological polar surface area (TPSA) is 71.1 Å². The first-order valence-corrected chi connectivity index (χ1v) is 3.80. The van der Waals surface area contributed by atoms with E-state index in [1.165, 1.54) is 0 Å². The minimum absolute atomic E-state index is 0.156. The Balaban J connectivity index is 2.43. The molecule has 0 saturated carbocycles. The summed E-state index contributed by atoms with van der Waals surface area (Å²) < 4.78 is 0. The zero-order valence-corrected chi connectivity index (χ0v) is 6.70. The molecule has 2 heterocycles. The Morgan fingerprint density at radius 1 is 1.23 bits per heavy atom. The second-order valence-electron chi connectivity index (χ2n) is 2.67. The fraction of sp³-hybridized carbons (Fsp3) is 0.125. The highest BCUT2D eigenvalue weighted by Crippen LogP contribution is 2.20. The van der Waals surface area contributed by atoms with Gasteiger partial charge in [-0.2, -0.15) is 0 Å². The van der Waals surface area contributed by atoms with E-state index in [1.807, 2.05) is 0 Å². The van der Waals surface area contributed by atoms with Gasteiger partial charge in [0.1, 0.15) is 6.42 Å². The van der Waals surface area contributed by atoms with E-state index in [0.29, 0.717) is 11.5 Å². The summed E-state index contributed by atoms with van der Waals surface area (Å²) in [5.41, 5.74) is 0.540. The Morgan fingerprint density at radius 3 is 2.85 bits per heavy atom. The zero-order valence-electron chi connectivity index (χ0n) is 6.70. The van der Waals surface area contributed by atoms with Gasteiger partial charge in [0.2, 0.25) is 11.8 Å². The molecule has 0 radical (unpaired) electrons. The van der Waals surface area contributed by atoms with Crippen LogP contribution in [0.1, 0.15) is 6.42 Å². The maximum absolute atomic E-state index is 11.1. The number of hydrogen-bond donors (Lipinski definition) is 2. The molecule has 0 aliphatic carbocycles. The van der Waals surface area contributed by atoms with Crippen LogP contribution in [0, 0.1) is 0 Å². The third-order valence-electron chi connectivity index (χ3n) is 1.66. The van der Waals surface area contributed by atoms with Crippen molar-refractivity contribution < 1.29 is 9.59 Å². The number of hydrogen-bond acceptors (Lipinski definition) is 3. The molecule has 1 aliphatic rings. The van der Waals surface area contributed by atoms with Gasteiger partial charge in [-0.25, -0.2) is 4.98 Å². The fourth-order valence-corrected chi connectivity index (χ4v) is 1.12. The number of anilines is 2. The molecule has 1 aliphatic heterocycles. The first-order chi connectivity index (χ1) is 6.25. The molecular weight excluding hydrogens is 170 g/mol. The highest BCUT2D eigenvalue weighted by Gasteiger charge is 2.17. The molecule has 0 bridgehead atoms. The lowest BCUT2D eigenvalue weighted by molar-refractivity contribution is -0.123. The minimum atomic E-state index is -0.338. The average Bonchev–Trinajstić information content (AvgIpc) is 2.20. The van der Waals surface area contributed by atoms with Crippen molar-refractivity contribution in [1.82, 2.24) is 4.98 Å². The smallest absolute Gasteiger partial charge is 0.235 e. The van der Waals surface area contributed by atoms with Crippen molar-refractivity contribution in [2.24, 2.45) is 0 Å². The summed E-state index contributed by atoms with van der Waals surface area (Å²) in [6.07, 6.45) is 1.40.